The monoisotopic (exact) mass is 214 g/mol. The lowest BCUT2D eigenvalue weighted by atomic mass is 9.96. The van der Waals surface area contributed by atoms with Crippen LogP contribution in [0, 0.1) is 5.92 Å². The van der Waals surface area contributed by atoms with Gasteiger partial charge in [-0.15, -0.1) is 0 Å². The normalized spacial score (nSPS) is 14.1. The van der Waals surface area contributed by atoms with E-state index in [0.29, 0.717) is 0 Å². The van der Waals surface area contributed by atoms with Crippen molar-refractivity contribution in [3.05, 3.63) is 0 Å². The minimum absolute atomic E-state index is 0.0824. The number of nitrogens with zero attached hydrogens (tertiary/aromatic N) is 1. The van der Waals surface area contributed by atoms with Crippen LogP contribution >= 0.6 is 0 Å². The molecule has 0 unspecified atom stereocenters. The first-order valence-electron chi connectivity index (χ1n) is 5.02. The molecule has 0 radical (unpaired) electrons. The summed E-state index contributed by atoms with van der Waals surface area (Å²) in [7, 11) is 4.34. The van der Waals surface area contributed by atoms with Gasteiger partial charge in [-0.3, -0.25) is 14.4 Å². The number of hydroxylamine groups is 2. The van der Waals surface area contributed by atoms with Gasteiger partial charge in [0, 0.05) is 7.05 Å². The van der Waals surface area contributed by atoms with Crippen LogP contribution in [0.4, 0.5) is 4.79 Å². The summed E-state index contributed by atoms with van der Waals surface area (Å²) in [6.45, 7) is 3.89. The van der Waals surface area contributed by atoms with Crippen LogP contribution in [0.2, 0.25) is 0 Å². The van der Waals surface area contributed by atoms with Crippen LogP contribution in [0.1, 0.15) is 20.3 Å². The fourth-order valence-electron chi connectivity index (χ4n) is 1.19. The highest BCUT2D eigenvalue weighted by atomic mass is 16.7. The highest BCUT2D eigenvalue weighted by Crippen LogP contribution is 2.10. The molecular formula is C9H19BN2O3. The molecule has 6 heteroatoms. The maximum Gasteiger partial charge on any atom is 0.268 e. The minimum Gasteiger partial charge on any atom is -0.353 e. The highest BCUT2D eigenvalue weighted by Gasteiger charge is 2.27. The van der Waals surface area contributed by atoms with E-state index in [1.165, 1.54) is 22.0 Å². The molecule has 0 aromatic rings. The number of amides is 2. The summed E-state index contributed by atoms with van der Waals surface area (Å²) >= 11 is 0. The smallest absolute Gasteiger partial charge is 0.268 e. The highest BCUT2D eigenvalue weighted by molar-refractivity contribution is 6.57. The van der Waals surface area contributed by atoms with Gasteiger partial charge in [0.25, 0.3) is 5.91 Å². The van der Waals surface area contributed by atoms with E-state index in [0.717, 1.165) is 11.5 Å². The Morgan fingerprint density at radius 3 is 2.40 bits per heavy atom. The van der Waals surface area contributed by atoms with Gasteiger partial charge in [0.15, 0.2) is 5.81 Å². The van der Waals surface area contributed by atoms with Crippen LogP contribution in [0.15, 0.2) is 0 Å². The molecule has 86 valence electrons. The molecule has 0 aromatic carbocycles. The third kappa shape index (κ3) is 4.33. The number of likely N-dealkylation sites (N-methyl/N-ethyl adjacent to an activating group) is 1. The van der Waals surface area contributed by atoms with Gasteiger partial charge >= 0.3 is 0 Å². The van der Waals surface area contributed by atoms with Gasteiger partial charge in [-0.25, -0.2) is 5.06 Å². The van der Waals surface area contributed by atoms with Crippen molar-refractivity contribution in [2.24, 2.45) is 5.92 Å². The van der Waals surface area contributed by atoms with Crippen molar-refractivity contribution in [2.75, 3.05) is 14.2 Å². The number of carbonyl (C=O) groups excluding carboxylic acids is 2. The van der Waals surface area contributed by atoms with Gasteiger partial charge in [-0.2, -0.15) is 0 Å². The van der Waals surface area contributed by atoms with Crippen molar-refractivity contribution in [1.29, 1.82) is 0 Å². The summed E-state index contributed by atoms with van der Waals surface area (Å²) in [4.78, 5) is 27.6. The van der Waals surface area contributed by atoms with Crippen molar-refractivity contribution in [3.63, 3.8) is 0 Å². The van der Waals surface area contributed by atoms with E-state index in [-0.39, 0.29) is 17.6 Å². The zero-order chi connectivity index (χ0) is 12.0. The summed E-state index contributed by atoms with van der Waals surface area (Å²) in [5, 5.41) is 3.77. The lowest BCUT2D eigenvalue weighted by Crippen LogP contribution is -2.50. The van der Waals surface area contributed by atoms with Crippen molar-refractivity contribution >= 4 is 19.6 Å². The fraction of sp³-hybridized carbons (Fsp3) is 0.778. The summed E-state index contributed by atoms with van der Waals surface area (Å²) in [5.74, 6) is -0.362. The predicted molar refractivity (Wildman–Crippen MR) is 60.1 cm³/mol. The lowest BCUT2D eigenvalue weighted by molar-refractivity contribution is -0.172. The Bertz CT molecular complexity index is 235. The summed E-state index contributed by atoms with van der Waals surface area (Å²) in [5.41, 5.74) is 0. The Balaban J connectivity index is 4.61. The van der Waals surface area contributed by atoms with Gasteiger partial charge in [-0.05, 0) is 5.92 Å². The molecule has 1 N–H and O–H groups in total. The van der Waals surface area contributed by atoms with E-state index in [4.69, 9.17) is 4.84 Å². The second kappa shape index (κ2) is 6.45. The van der Waals surface area contributed by atoms with E-state index < -0.39 is 6.04 Å². The standard InChI is InChI=1S/C9H19BN2O3/c1-5-6(2)7(11-9(10)14)8(13)12(3)15-4/h6-7H,5,10H2,1-4H3,(H,11,14)/t6-,7-/m0/s1. The molecule has 5 nitrogen and oxygen atoms in total. The number of nitrogens with one attached hydrogen (secondary N) is 1. The van der Waals surface area contributed by atoms with Crippen molar-refractivity contribution in [1.82, 2.24) is 10.4 Å². The second-order valence-corrected chi connectivity index (χ2v) is 3.58. The Morgan fingerprint density at radius 1 is 1.53 bits per heavy atom. The van der Waals surface area contributed by atoms with Crippen molar-refractivity contribution in [3.8, 4) is 0 Å². The molecule has 0 saturated heterocycles. The molecule has 0 heterocycles. The van der Waals surface area contributed by atoms with Crippen LogP contribution in [0.3, 0.4) is 0 Å². The molecule has 0 aliphatic carbocycles. The number of carbonyl (C=O) groups is 2. The van der Waals surface area contributed by atoms with Gasteiger partial charge in [0.2, 0.25) is 7.85 Å². The van der Waals surface area contributed by atoms with E-state index in [9.17, 15) is 9.59 Å². The van der Waals surface area contributed by atoms with Crippen LogP contribution < -0.4 is 5.32 Å². The first-order chi connectivity index (χ1) is 6.93. The van der Waals surface area contributed by atoms with Crippen LogP contribution in [-0.4, -0.2) is 44.8 Å². The number of rotatable bonds is 5. The van der Waals surface area contributed by atoms with Gasteiger partial charge in [0.1, 0.15) is 6.04 Å². The van der Waals surface area contributed by atoms with E-state index >= 15 is 0 Å². The maximum absolute atomic E-state index is 11.8. The van der Waals surface area contributed by atoms with Crippen LogP contribution in [0.5, 0.6) is 0 Å². The maximum atomic E-state index is 11.8. The molecule has 2 amide bonds. The fourth-order valence-corrected chi connectivity index (χ4v) is 1.19. The zero-order valence-corrected chi connectivity index (χ0v) is 10.0. The topological polar surface area (TPSA) is 58.6 Å². The average molecular weight is 214 g/mol. The quantitative estimate of drug-likeness (QED) is 0.507. The molecule has 2 atom stereocenters. The SMILES string of the molecule is BC(=O)N[C@H](C(=O)N(C)OC)[C@@H](C)CC. The Kier molecular flexibility index (Phi) is 6.00. The van der Waals surface area contributed by atoms with Crippen LogP contribution in [-0.2, 0) is 9.63 Å². The molecular weight excluding hydrogens is 195 g/mol. The number of hydrogen-bond donors (Lipinski definition) is 1. The zero-order valence-electron chi connectivity index (χ0n) is 10.0. The van der Waals surface area contributed by atoms with E-state index in [2.05, 4.69) is 5.32 Å². The van der Waals surface area contributed by atoms with Gasteiger partial charge < -0.3 is 5.32 Å². The average Bonchev–Trinajstić information content (AvgIpc) is 2.22. The molecule has 0 aliphatic rings. The first-order valence-corrected chi connectivity index (χ1v) is 5.02. The lowest BCUT2D eigenvalue weighted by Gasteiger charge is -2.26. The van der Waals surface area contributed by atoms with Crippen molar-refractivity contribution < 1.29 is 14.4 Å². The predicted octanol–water partition coefficient (Wildman–Crippen LogP) is -0.236. The minimum atomic E-state index is -0.516. The molecule has 0 aromatic heterocycles. The molecule has 15 heavy (non-hydrogen) atoms. The Hall–Kier alpha value is -1.04. The number of hydrogen-bond acceptors (Lipinski definition) is 3. The van der Waals surface area contributed by atoms with Crippen LogP contribution in [0.25, 0.3) is 0 Å². The second-order valence-electron chi connectivity index (χ2n) is 3.58. The third-order valence-electron chi connectivity index (χ3n) is 2.42. The largest absolute Gasteiger partial charge is 0.353 e. The molecule has 0 fully saturated rings. The first kappa shape index (κ1) is 14.0. The molecule has 0 spiro atoms. The van der Waals surface area contributed by atoms with E-state index in [1.807, 2.05) is 13.8 Å². The molecule has 0 bridgehead atoms. The van der Waals surface area contributed by atoms with E-state index in [1.54, 1.807) is 0 Å². The van der Waals surface area contributed by atoms with Gasteiger partial charge in [0.05, 0.1) is 7.11 Å². The Morgan fingerprint density at radius 2 is 2.07 bits per heavy atom. The summed E-state index contributed by atoms with van der Waals surface area (Å²) in [6, 6.07) is -0.516. The molecule has 0 rings (SSSR count). The Labute approximate surface area is 91.5 Å². The van der Waals surface area contributed by atoms with Gasteiger partial charge in [-0.1, -0.05) is 20.3 Å². The third-order valence-corrected chi connectivity index (χ3v) is 2.42. The summed E-state index contributed by atoms with van der Waals surface area (Å²) in [6.07, 6.45) is 0.814. The summed E-state index contributed by atoms with van der Waals surface area (Å²) < 4.78 is 0. The molecule has 0 saturated carbocycles. The van der Waals surface area contributed by atoms with Crippen molar-refractivity contribution in [2.45, 2.75) is 26.3 Å². The molecule has 0 aliphatic heterocycles.